The first-order chi connectivity index (χ1) is 6.29. The number of carboxylic acid groups (broad SMARTS) is 1. The molecule has 2 N–H and O–H groups in total. The Morgan fingerprint density at radius 2 is 2.00 bits per heavy atom. The second-order valence-corrected chi connectivity index (χ2v) is 3.24. The summed E-state index contributed by atoms with van der Waals surface area (Å²) in [6.07, 6.45) is 0. The fraction of sp³-hybridized carbons (Fsp3) is 0.300. The number of halogens is 1. The fourth-order valence-corrected chi connectivity index (χ4v) is 1.62. The normalized spacial score (nSPS) is 24.6. The van der Waals surface area contributed by atoms with Crippen LogP contribution in [0.15, 0.2) is 30.3 Å². The molecule has 3 nitrogen and oxygen atoms in total. The first-order valence-corrected chi connectivity index (χ1v) is 4.30. The quantitative estimate of drug-likeness (QED) is 0.778. The molecule has 1 aliphatic heterocycles. The van der Waals surface area contributed by atoms with Gasteiger partial charge in [-0.1, -0.05) is 30.3 Å². The lowest BCUT2D eigenvalue weighted by molar-refractivity contribution is -0.142. The van der Waals surface area contributed by atoms with Crippen LogP contribution < -0.4 is 5.32 Å². The van der Waals surface area contributed by atoms with Gasteiger partial charge in [0.25, 0.3) is 0 Å². The molecule has 0 amide bonds. The molecule has 0 unspecified atom stereocenters. The summed E-state index contributed by atoms with van der Waals surface area (Å²) in [4.78, 5) is 10.7. The van der Waals surface area contributed by atoms with Gasteiger partial charge in [-0.2, -0.15) is 0 Å². The van der Waals surface area contributed by atoms with Crippen molar-refractivity contribution in [2.24, 2.45) is 0 Å². The summed E-state index contributed by atoms with van der Waals surface area (Å²) < 4.78 is 0. The van der Waals surface area contributed by atoms with Crippen LogP contribution in [0.5, 0.6) is 0 Å². The van der Waals surface area contributed by atoms with Gasteiger partial charge in [0.15, 0.2) is 0 Å². The zero-order valence-electron chi connectivity index (χ0n) is 7.51. The molecule has 0 spiro atoms. The van der Waals surface area contributed by atoms with Gasteiger partial charge in [-0.3, -0.25) is 4.79 Å². The Bertz CT molecular complexity index is 315. The van der Waals surface area contributed by atoms with E-state index in [1.54, 1.807) is 0 Å². The lowest BCUT2D eigenvalue weighted by Gasteiger charge is -2.35. The maximum absolute atomic E-state index is 10.7. The molecule has 0 saturated carbocycles. The summed E-state index contributed by atoms with van der Waals surface area (Å²) in [7, 11) is 0. The number of carboxylic acids is 1. The second-order valence-electron chi connectivity index (χ2n) is 3.24. The van der Waals surface area contributed by atoms with Gasteiger partial charge in [-0.25, -0.2) is 0 Å². The predicted molar refractivity (Wildman–Crippen MR) is 55.9 cm³/mol. The molecule has 1 aromatic carbocycles. The summed E-state index contributed by atoms with van der Waals surface area (Å²) in [6.45, 7) is 0.765. The number of hydrogen-bond acceptors (Lipinski definition) is 2. The van der Waals surface area contributed by atoms with Crippen LogP contribution in [0.3, 0.4) is 0 Å². The summed E-state index contributed by atoms with van der Waals surface area (Å²) in [5, 5.41) is 11.7. The van der Waals surface area contributed by atoms with Crippen molar-refractivity contribution in [1.29, 1.82) is 0 Å². The average Bonchev–Trinajstić information content (AvgIpc) is 2.02. The van der Waals surface area contributed by atoms with Crippen molar-refractivity contribution in [1.82, 2.24) is 5.32 Å². The highest BCUT2D eigenvalue weighted by molar-refractivity contribution is 5.85. The molecule has 1 aliphatic rings. The van der Waals surface area contributed by atoms with Crippen molar-refractivity contribution >= 4 is 18.4 Å². The molecule has 4 heteroatoms. The third-order valence-electron chi connectivity index (χ3n) is 2.45. The van der Waals surface area contributed by atoms with Crippen LogP contribution in [-0.2, 0) is 4.79 Å². The molecular weight excluding hydrogens is 202 g/mol. The molecule has 1 saturated heterocycles. The lowest BCUT2D eigenvalue weighted by Crippen LogP contribution is -2.55. The smallest absolute Gasteiger partial charge is 0.321 e. The molecule has 2 rings (SSSR count). The third-order valence-corrected chi connectivity index (χ3v) is 2.45. The molecule has 1 fully saturated rings. The lowest BCUT2D eigenvalue weighted by atomic mass is 9.85. The highest BCUT2D eigenvalue weighted by atomic mass is 35.5. The van der Waals surface area contributed by atoms with E-state index in [0.29, 0.717) is 0 Å². The fourth-order valence-electron chi connectivity index (χ4n) is 1.62. The van der Waals surface area contributed by atoms with Gasteiger partial charge in [-0.05, 0) is 5.56 Å². The van der Waals surface area contributed by atoms with Gasteiger partial charge in [-0.15, -0.1) is 12.4 Å². The number of carbonyl (C=O) groups is 1. The van der Waals surface area contributed by atoms with Crippen molar-refractivity contribution in [3.05, 3.63) is 35.9 Å². The molecule has 1 aromatic rings. The average molecular weight is 214 g/mol. The van der Waals surface area contributed by atoms with Crippen LogP contribution >= 0.6 is 12.4 Å². The Labute approximate surface area is 88.5 Å². The monoisotopic (exact) mass is 213 g/mol. The van der Waals surface area contributed by atoms with Gasteiger partial charge in [0.1, 0.15) is 6.04 Å². The largest absolute Gasteiger partial charge is 0.480 e. The molecule has 2 atom stereocenters. The van der Waals surface area contributed by atoms with Gasteiger partial charge in [0.2, 0.25) is 0 Å². The van der Waals surface area contributed by atoms with E-state index in [1.807, 2.05) is 30.3 Å². The first kappa shape index (κ1) is 11.0. The second kappa shape index (κ2) is 4.44. The van der Waals surface area contributed by atoms with Gasteiger partial charge in [0.05, 0.1) is 0 Å². The molecule has 0 bridgehead atoms. The number of rotatable bonds is 2. The van der Waals surface area contributed by atoms with Gasteiger partial charge >= 0.3 is 5.97 Å². The molecular formula is C10H12ClNO2. The third kappa shape index (κ3) is 1.89. The number of nitrogens with one attached hydrogen (secondary N) is 1. The summed E-state index contributed by atoms with van der Waals surface area (Å²) in [5.74, 6) is -0.626. The van der Waals surface area contributed by atoms with Crippen molar-refractivity contribution in [2.75, 3.05) is 6.54 Å². The standard InChI is InChI=1S/C10H11NO2.ClH/c12-10(13)9-8(6-11-9)7-4-2-1-3-5-7;/h1-5,8-9,11H,6H2,(H,12,13);1H/t8-,9+;/m0./s1. The molecule has 0 aliphatic carbocycles. The van der Waals surface area contributed by atoms with E-state index in [2.05, 4.69) is 5.32 Å². The summed E-state index contributed by atoms with van der Waals surface area (Å²) >= 11 is 0. The Kier molecular flexibility index (Phi) is 3.49. The Morgan fingerprint density at radius 1 is 1.36 bits per heavy atom. The topological polar surface area (TPSA) is 49.3 Å². The number of hydrogen-bond donors (Lipinski definition) is 2. The van der Waals surface area contributed by atoms with Crippen LogP contribution in [0.2, 0.25) is 0 Å². The van der Waals surface area contributed by atoms with Crippen LogP contribution in [0.1, 0.15) is 11.5 Å². The minimum absolute atomic E-state index is 0. The van der Waals surface area contributed by atoms with E-state index in [4.69, 9.17) is 5.11 Å². The Balaban J connectivity index is 0.000000980. The van der Waals surface area contributed by atoms with Crippen LogP contribution in [0.25, 0.3) is 0 Å². The SMILES string of the molecule is Cl.O=C(O)[C@@H]1NC[C@H]1c1ccccc1. The molecule has 76 valence electrons. The van der Waals surface area contributed by atoms with E-state index in [1.165, 1.54) is 0 Å². The minimum Gasteiger partial charge on any atom is -0.480 e. The maximum atomic E-state index is 10.7. The van der Waals surface area contributed by atoms with Crippen LogP contribution in [0, 0.1) is 0 Å². The number of aliphatic carboxylic acids is 1. The summed E-state index contributed by atoms with van der Waals surface area (Å²) in [5.41, 5.74) is 1.11. The Morgan fingerprint density at radius 3 is 2.43 bits per heavy atom. The zero-order valence-corrected chi connectivity index (χ0v) is 8.33. The summed E-state index contributed by atoms with van der Waals surface area (Å²) in [6, 6.07) is 9.36. The van der Waals surface area contributed by atoms with E-state index in [9.17, 15) is 4.79 Å². The van der Waals surface area contributed by atoms with E-state index in [-0.39, 0.29) is 18.3 Å². The zero-order chi connectivity index (χ0) is 9.26. The van der Waals surface area contributed by atoms with E-state index >= 15 is 0 Å². The first-order valence-electron chi connectivity index (χ1n) is 4.30. The van der Waals surface area contributed by atoms with Crippen LogP contribution in [-0.4, -0.2) is 23.7 Å². The molecule has 0 radical (unpaired) electrons. The van der Waals surface area contributed by atoms with Crippen molar-refractivity contribution in [3.8, 4) is 0 Å². The number of benzene rings is 1. The minimum atomic E-state index is -0.764. The van der Waals surface area contributed by atoms with Crippen molar-refractivity contribution in [2.45, 2.75) is 12.0 Å². The van der Waals surface area contributed by atoms with Gasteiger partial charge < -0.3 is 10.4 Å². The van der Waals surface area contributed by atoms with E-state index in [0.717, 1.165) is 12.1 Å². The molecule has 1 heterocycles. The predicted octanol–water partition coefficient (Wildman–Crippen LogP) is 1.25. The van der Waals surface area contributed by atoms with Crippen molar-refractivity contribution < 1.29 is 9.90 Å². The van der Waals surface area contributed by atoms with E-state index < -0.39 is 12.0 Å². The maximum Gasteiger partial charge on any atom is 0.321 e. The molecule has 0 aromatic heterocycles. The molecule has 14 heavy (non-hydrogen) atoms. The van der Waals surface area contributed by atoms with Crippen LogP contribution in [0.4, 0.5) is 0 Å². The Hall–Kier alpha value is -1.06. The van der Waals surface area contributed by atoms with Gasteiger partial charge in [0, 0.05) is 12.5 Å². The highest BCUT2D eigenvalue weighted by Crippen LogP contribution is 2.25. The highest BCUT2D eigenvalue weighted by Gasteiger charge is 2.36. The van der Waals surface area contributed by atoms with Crippen molar-refractivity contribution in [3.63, 3.8) is 0 Å².